The fourth-order valence-electron chi connectivity index (χ4n) is 4.29. The minimum Gasteiger partial charge on any atom is -0.379 e. The van der Waals surface area contributed by atoms with Crippen molar-refractivity contribution >= 4 is 17.3 Å². The number of rotatable bonds is 19. The maximum Gasteiger partial charge on any atom is 0.141 e. The lowest BCUT2D eigenvalue weighted by atomic mass is 9.75. The minimum atomic E-state index is -0.290. The lowest BCUT2D eigenvalue weighted by molar-refractivity contribution is -0.133. The van der Waals surface area contributed by atoms with E-state index >= 15 is 0 Å². The summed E-state index contributed by atoms with van der Waals surface area (Å²) in [5.41, 5.74) is 0. The topological polar surface area (TPSA) is 63.7 Å². The van der Waals surface area contributed by atoms with Crippen LogP contribution in [0.1, 0.15) is 87.5 Å². The van der Waals surface area contributed by atoms with E-state index in [9.17, 15) is 14.4 Å². The molecule has 0 rings (SSSR count). The Morgan fingerprint density at radius 1 is 0.788 bits per heavy atom. The third-order valence-corrected chi connectivity index (χ3v) is 6.48. The van der Waals surface area contributed by atoms with E-state index in [0.717, 1.165) is 13.0 Å². The number of hydrogen-bond donors (Lipinski definition) is 0. The Hall–Kier alpha value is -1.07. The van der Waals surface area contributed by atoms with Gasteiger partial charge in [0.25, 0.3) is 0 Å². The molecule has 5 nitrogen and oxygen atoms in total. The molecule has 0 heterocycles. The van der Waals surface area contributed by atoms with E-state index in [-0.39, 0.29) is 46.9 Å². The van der Waals surface area contributed by atoms with Crippen molar-refractivity contribution in [1.82, 2.24) is 4.90 Å². The molecule has 0 spiro atoms. The quantitative estimate of drug-likeness (QED) is 0.228. The van der Waals surface area contributed by atoms with Crippen LogP contribution in [-0.4, -0.2) is 56.1 Å². The Bertz CT molecular complexity index is 582. The van der Waals surface area contributed by atoms with Gasteiger partial charge in [0.1, 0.15) is 17.3 Å². The zero-order valence-electron chi connectivity index (χ0n) is 23.3. The number of ketones is 3. The van der Waals surface area contributed by atoms with E-state index in [1.54, 1.807) is 0 Å². The summed E-state index contributed by atoms with van der Waals surface area (Å²) in [5.74, 6) is 0.561. The third-order valence-electron chi connectivity index (χ3n) is 6.48. The number of carbonyl (C=O) groups excluding carboxylic acids is 3. The first-order valence-corrected chi connectivity index (χ1v) is 13.1. The maximum absolute atomic E-state index is 13.8. The predicted octanol–water partition coefficient (Wildman–Crippen LogP) is 5.70. The summed E-state index contributed by atoms with van der Waals surface area (Å²) >= 11 is 0. The molecule has 3 unspecified atom stereocenters. The normalized spacial score (nSPS) is 15.8. The van der Waals surface area contributed by atoms with Crippen LogP contribution in [0.15, 0.2) is 0 Å². The summed E-state index contributed by atoms with van der Waals surface area (Å²) in [7, 11) is 4.00. The molecule has 0 N–H and O–H groups in total. The number of Topliss-reactive ketones (excluding diaryl/α,β-unsaturated/α-hetero) is 3. The van der Waals surface area contributed by atoms with Crippen molar-refractivity contribution in [3.63, 3.8) is 0 Å². The summed E-state index contributed by atoms with van der Waals surface area (Å²) in [6, 6.07) is 0. The van der Waals surface area contributed by atoms with Gasteiger partial charge in [-0.3, -0.25) is 14.4 Å². The average Bonchev–Trinajstić information content (AvgIpc) is 2.68. The van der Waals surface area contributed by atoms with Gasteiger partial charge in [-0.2, -0.15) is 0 Å². The zero-order valence-corrected chi connectivity index (χ0v) is 23.3. The molecule has 0 aliphatic carbocycles. The Labute approximate surface area is 204 Å². The molecular formula is C28H53NO4. The molecule has 0 aromatic heterocycles. The molecule has 194 valence electrons. The standard InChI is InChI=1S/C28H53NO4/c1-11-23(27(31)15-20(4)5)17-24(16-22(8)26(30)14-19(2)3)28(32)25(21(6)7)18-33-13-12-29(9)10/h19-25H,11-18H2,1-10H3/t22-,23?,24?,25?/m0/s1. The SMILES string of the molecule is CCC(CC(C[C@H](C)C(=O)CC(C)C)C(=O)C(COCCN(C)C)C(C)C)C(=O)CC(C)C. The highest BCUT2D eigenvalue weighted by Crippen LogP contribution is 2.31. The van der Waals surface area contributed by atoms with Crippen LogP contribution in [0.3, 0.4) is 0 Å². The Morgan fingerprint density at radius 2 is 1.33 bits per heavy atom. The van der Waals surface area contributed by atoms with Crippen molar-refractivity contribution < 1.29 is 19.1 Å². The van der Waals surface area contributed by atoms with Crippen LogP contribution < -0.4 is 0 Å². The molecule has 5 heteroatoms. The molecular weight excluding hydrogens is 414 g/mol. The van der Waals surface area contributed by atoms with Crippen LogP contribution >= 0.6 is 0 Å². The van der Waals surface area contributed by atoms with Gasteiger partial charge in [-0.15, -0.1) is 0 Å². The monoisotopic (exact) mass is 467 g/mol. The average molecular weight is 468 g/mol. The van der Waals surface area contributed by atoms with Crippen LogP contribution in [0.25, 0.3) is 0 Å². The lowest BCUT2D eigenvalue weighted by Gasteiger charge is -2.29. The first kappa shape index (κ1) is 31.9. The van der Waals surface area contributed by atoms with Crippen LogP contribution in [0.4, 0.5) is 0 Å². The van der Waals surface area contributed by atoms with Gasteiger partial charge >= 0.3 is 0 Å². The predicted molar refractivity (Wildman–Crippen MR) is 137 cm³/mol. The molecule has 0 amide bonds. The molecule has 0 fully saturated rings. The van der Waals surface area contributed by atoms with Gasteiger partial charge in [0, 0.05) is 43.1 Å². The summed E-state index contributed by atoms with van der Waals surface area (Å²) in [6.45, 7) is 18.1. The van der Waals surface area contributed by atoms with Crippen molar-refractivity contribution in [3.8, 4) is 0 Å². The second kappa shape index (κ2) is 16.5. The molecule has 0 saturated carbocycles. The van der Waals surface area contributed by atoms with Crippen molar-refractivity contribution in [2.75, 3.05) is 33.9 Å². The molecule has 0 aliphatic rings. The molecule has 33 heavy (non-hydrogen) atoms. The number of ether oxygens (including phenoxy) is 1. The van der Waals surface area contributed by atoms with Crippen LogP contribution in [-0.2, 0) is 19.1 Å². The van der Waals surface area contributed by atoms with Gasteiger partial charge in [-0.1, -0.05) is 55.4 Å². The number of likely N-dealkylation sites (N-methyl/N-ethyl adjacent to an activating group) is 1. The molecule has 0 bridgehead atoms. The molecule has 0 aromatic carbocycles. The summed E-state index contributed by atoms with van der Waals surface area (Å²) in [5, 5.41) is 0. The van der Waals surface area contributed by atoms with Gasteiger partial charge in [0.15, 0.2) is 0 Å². The Morgan fingerprint density at radius 3 is 1.79 bits per heavy atom. The smallest absolute Gasteiger partial charge is 0.141 e. The van der Waals surface area contributed by atoms with Gasteiger partial charge < -0.3 is 9.64 Å². The molecule has 0 saturated heterocycles. The summed E-state index contributed by atoms with van der Waals surface area (Å²) in [4.78, 5) is 41.4. The van der Waals surface area contributed by atoms with E-state index in [1.165, 1.54) is 0 Å². The van der Waals surface area contributed by atoms with Crippen LogP contribution in [0.2, 0.25) is 0 Å². The van der Waals surface area contributed by atoms with Crippen LogP contribution in [0.5, 0.6) is 0 Å². The maximum atomic E-state index is 13.8. The first-order chi connectivity index (χ1) is 15.3. The largest absolute Gasteiger partial charge is 0.379 e. The van der Waals surface area contributed by atoms with Crippen molar-refractivity contribution in [2.24, 2.45) is 41.4 Å². The van der Waals surface area contributed by atoms with Gasteiger partial charge in [0.05, 0.1) is 13.2 Å². The first-order valence-electron chi connectivity index (χ1n) is 13.1. The fraction of sp³-hybridized carbons (Fsp3) is 0.893. The van der Waals surface area contributed by atoms with Crippen molar-refractivity contribution in [1.29, 1.82) is 0 Å². The highest BCUT2D eigenvalue weighted by Gasteiger charge is 2.34. The van der Waals surface area contributed by atoms with Crippen molar-refractivity contribution in [2.45, 2.75) is 87.5 Å². The van der Waals surface area contributed by atoms with Gasteiger partial charge in [-0.25, -0.2) is 0 Å². The molecule has 0 aliphatic heterocycles. The Kier molecular flexibility index (Phi) is 16.0. The molecule has 4 atom stereocenters. The fourth-order valence-corrected chi connectivity index (χ4v) is 4.29. The number of nitrogens with zero attached hydrogens (tertiary/aromatic N) is 1. The van der Waals surface area contributed by atoms with Crippen molar-refractivity contribution in [3.05, 3.63) is 0 Å². The van der Waals surface area contributed by atoms with Crippen LogP contribution in [0, 0.1) is 41.4 Å². The number of hydrogen-bond acceptors (Lipinski definition) is 5. The summed E-state index contributed by atoms with van der Waals surface area (Å²) < 4.78 is 5.88. The highest BCUT2D eigenvalue weighted by atomic mass is 16.5. The zero-order chi connectivity index (χ0) is 25.7. The van der Waals surface area contributed by atoms with E-state index in [1.807, 2.05) is 41.8 Å². The van der Waals surface area contributed by atoms with E-state index < -0.39 is 0 Å². The van der Waals surface area contributed by atoms with Gasteiger partial charge in [0.2, 0.25) is 0 Å². The molecule has 0 radical (unpaired) electrons. The Balaban J connectivity index is 5.62. The lowest BCUT2D eigenvalue weighted by Crippen LogP contribution is -2.35. The third kappa shape index (κ3) is 13.4. The van der Waals surface area contributed by atoms with E-state index in [4.69, 9.17) is 4.74 Å². The van der Waals surface area contributed by atoms with E-state index in [2.05, 4.69) is 32.6 Å². The highest BCUT2D eigenvalue weighted by molar-refractivity contribution is 5.87. The number of carbonyl (C=O) groups is 3. The summed E-state index contributed by atoms with van der Waals surface area (Å²) in [6.07, 6.45) is 2.88. The van der Waals surface area contributed by atoms with E-state index in [0.29, 0.717) is 50.7 Å². The van der Waals surface area contributed by atoms with Gasteiger partial charge in [-0.05, 0) is 51.1 Å². The minimum absolute atomic E-state index is 0.128. The second-order valence-corrected chi connectivity index (χ2v) is 11.4. The second-order valence-electron chi connectivity index (χ2n) is 11.4. The molecule has 0 aromatic rings.